The highest BCUT2D eigenvalue weighted by molar-refractivity contribution is 7.59. The average Bonchev–Trinajstić information content (AvgIpc) is 3.08. The maximum absolute atomic E-state index is 14.5. The minimum atomic E-state index is -0.419. The molecule has 4 rings (SSSR count). The van der Waals surface area contributed by atoms with Gasteiger partial charge in [0.15, 0.2) is 10.8 Å². The molecule has 0 aliphatic carbocycles. The van der Waals surface area contributed by atoms with Crippen LogP contribution in [0.15, 0.2) is 42.9 Å². The fourth-order valence-electron chi connectivity index (χ4n) is 2.98. The first-order valence-corrected chi connectivity index (χ1v) is 8.91. The van der Waals surface area contributed by atoms with Crippen molar-refractivity contribution in [1.82, 2.24) is 24.6 Å². The molecule has 30 heavy (non-hydrogen) atoms. The summed E-state index contributed by atoms with van der Waals surface area (Å²) in [6.45, 7) is 9.17. The quantitative estimate of drug-likeness (QED) is 0.454. The molecule has 4 aromatic rings. The molecule has 0 saturated carbocycles. The van der Waals surface area contributed by atoms with Gasteiger partial charge in [0.2, 0.25) is 0 Å². The molecule has 0 unspecified atom stereocenters. The van der Waals surface area contributed by atoms with Gasteiger partial charge in [0.25, 0.3) is 5.69 Å². The van der Waals surface area contributed by atoms with Gasteiger partial charge in [-0.25, -0.2) is 28.7 Å². The van der Waals surface area contributed by atoms with Gasteiger partial charge in [-0.05, 0) is 25.1 Å². The third-order valence-electron chi connectivity index (χ3n) is 4.39. The normalized spacial score (nSPS) is 11.5. The number of nitrogens with one attached hydrogen (secondary N) is 1. The Balaban J connectivity index is 0.00000256. The van der Waals surface area contributed by atoms with E-state index in [0.29, 0.717) is 27.6 Å². The largest absolute Gasteiger partial charge is 0.392 e. The van der Waals surface area contributed by atoms with Gasteiger partial charge in [-0.2, -0.15) is 18.6 Å². The second kappa shape index (κ2) is 8.52. The number of nitrogens with two attached hydrogens (primary N) is 1. The highest BCUT2D eigenvalue weighted by Crippen LogP contribution is 2.34. The van der Waals surface area contributed by atoms with Crippen molar-refractivity contribution in [3.05, 3.63) is 70.8 Å². The fourth-order valence-corrected chi connectivity index (χ4v) is 3.16. The molecule has 0 fully saturated rings. The molecule has 0 aliphatic heterocycles. The van der Waals surface area contributed by atoms with E-state index in [9.17, 15) is 4.39 Å². The number of hydrogen-bond acceptors (Lipinski definition) is 6. The van der Waals surface area contributed by atoms with Crippen LogP contribution in [0.5, 0.6) is 0 Å². The van der Waals surface area contributed by atoms with Gasteiger partial charge in [0.1, 0.15) is 23.8 Å². The number of nitrogen functional groups attached to an aromatic ring is 1. The van der Waals surface area contributed by atoms with E-state index in [4.69, 9.17) is 23.9 Å². The van der Waals surface area contributed by atoms with Gasteiger partial charge in [-0.15, -0.1) is 0 Å². The maximum Gasteiger partial charge on any atom is 0.268 e. The van der Waals surface area contributed by atoms with Gasteiger partial charge < -0.3 is 11.1 Å². The van der Waals surface area contributed by atoms with Crippen molar-refractivity contribution in [3.63, 3.8) is 0 Å². The van der Waals surface area contributed by atoms with Crippen LogP contribution in [0.1, 0.15) is 18.5 Å². The predicted molar refractivity (Wildman–Crippen MR) is 119 cm³/mol. The molecule has 3 heterocycles. The van der Waals surface area contributed by atoms with Crippen LogP contribution in [0.3, 0.4) is 0 Å². The molecule has 11 heteroatoms. The Kier molecular flexibility index (Phi) is 6.05. The van der Waals surface area contributed by atoms with Crippen molar-refractivity contribution in [2.45, 2.75) is 13.0 Å². The first-order valence-electron chi connectivity index (χ1n) is 8.53. The minimum Gasteiger partial charge on any atom is -0.392 e. The third-order valence-corrected chi connectivity index (χ3v) is 4.65. The molecule has 1 aromatic carbocycles. The van der Waals surface area contributed by atoms with Crippen LogP contribution in [-0.2, 0) is 0 Å². The van der Waals surface area contributed by atoms with Crippen molar-refractivity contribution in [1.29, 1.82) is 0 Å². The zero-order valence-electron chi connectivity index (χ0n) is 15.6. The molecule has 0 amide bonds. The molecule has 3 aromatic heterocycles. The lowest BCUT2D eigenvalue weighted by atomic mass is 10.0. The second-order valence-electron chi connectivity index (χ2n) is 6.21. The van der Waals surface area contributed by atoms with Gasteiger partial charge in [-0.1, -0.05) is 23.7 Å². The number of aromatic nitrogens is 5. The summed E-state index contributed by atoms with van der Waals surface area (Å²) in [4.78, 5) is 15.6. The van der Waals surface area contributed by atoms with E-state index in [0.717, 1.165) is 0 Å². The Hall–Kier alpha value is -3.42. The number of fused-ring (bicyclic) bond motifs is 1. The van der Waals surface area contributed by atoms with Crippen LogP contribution in [-0.4, -0.2) is 24.6 Å². The predicted octanol–water partition coefficient (Wildman–Crippen LogP) is 4.40. The van der Waals surface area contributed by atoms with Gasteiger partial charge in [-0.3, -0.25) is 0 Å². The summed E-state index contributed by atoms with van der Waals surface area (Å²) in [7, 11) is 0. The molecule has 0 saturated heterocycles. The van der Waals surface area contributed by atoms with E-state index >= 15 is 0 Å². The minimum absolute atomic E-state index is 0. The van der Waals surface area contributed by atoms with Gasteiger partial charge in [0.05, 0.1) is 24.5 Å². The molecule has 1 atom stereocenters. The molecule has 0 spiro atoms. The van der Waals surface area contributed by atoms with Crippen molar-refractivity contribution in [2.24, 2.45) is 0 Å². The van der Waals surface area contributed by atoms with Crippen molar-refractivity contribution < 1.29 is 4.39 Å². The topological polar surface area (TPSA) is 98.4 Å². The Morgan fingerprint density at radius 2 is 2.03 bits per heavy atom. The number of benzene rings is 1. The summed E-state index contributed by atoms with van der Waals surface area (Å²) < 4.78 is 16.0. The maximum atomic E-state index is 14.5. The molecule has 152 valence electrons. The number of rotatable bonds is 4. The van der Waals surface area contributed by atoms with Gasteiger partial charge >= 0.3 is 0 Å². The number of imidazole rings is 1. The first kappa shape index (κ1) is 21.3. The standard InChI is InChI=1S/C19H14ClFN8.H2S/c1-10(27-19-17(23-2)18(22)25-9-26-19)12-7-15-24-8-14(20)29(15)28-16(12)11-5-3-4-6-13(11)21;/h3-10H,1H3,(H3,22,25,26,27);1H2/t10-;/m0./s1. The third kappa shape index (κ3) is 3.72. The zero-order chi connectivity index (χ0) is 20.5. The van der Waals surface area contributed by atoms with Crippen molar-refractivity contribution in [2.75, 3.05) is 11.1 Å². The number of anilines is 2. The van der Waals surface area contributed by atoms with E-state index < -0.39 is 11.9 Å². The lowest BCUT2D eigenvalue weighted by molar-refractivity contribution is 0.629. The highest BCUT2D eigenvalue weighted by Gasteiger charge is 2.21. The summed E-state index contributed by atoms with van der Waals surface area (Å²) in [6, 6.07) is 7.68. The van der Waals surface area contributed by atoms with Crippen LogP contribution in [0.25, 0.3) is 21.7 Å². The summed E-state index contributed by atoms with van der Waals surface area (Å²) in [5.41, 5.74) is 7.75. The SMILES string of the molecule is S.[C-]#[N+]c1c(N)ncnc1N[C@@H](C)c1cc2ncc(Cl)n2nc1-c1ccccc1F. The molecule has 0 radical (unpaired) electrons. The molecule has 8 nitrogen and oxygen atoms in total. The summed E-state index contributed by atoms with van der Waals surface area (Å²) in [6.07, 6.45) is 2.74. The number of nitrogens with zero attached hydrogens (tertiary/aromatic N) is 6. The summed E-state index contributed by atoms with van der Waals surface area (Å²) >= 11 is 6.16. The fraction of sp³-hybridized carbons (Fsp3) is 0.105. The molecule has 0 aliphatic rings. The van der Waals surface area contributed by atoms with Crippen LogP contribution in [0.2, 0.25) is 5.15 Å². The van der Waals surface area contributed by atoms with Crippen LogP contribution in [0.4, 0.5) is 21.7 Å². The highest BCUT2D eigenvalue weighted by atomic mass is 35.5. The molecular formula is C19H16ClFN8S. The van der Waals surface area contributed by atoms with Crippen LogP contribution >= 0.6 is 25.1 Å². The average molecular weight is 443 g/mol. The van der Waals surface area contributed by atoms with Crippen LogP contribution < -0.4 is 11.1 Å². The van der Waals surface area contributed by atoms with E-state index in [1.807, 2.05) is 6.92 Å². The summed E-state index contributed by atoms with van der Waals surface area (Å²) in [5, 5.41) is 7.96. The van der Waals surface area contributed by atoms with E-state index in [1.165, 1.54) is 23.1 Å². The number of halogens is 2. The molecular weight excluding hydrogens is 427 g/mol. The zero-order valence-corrected chi connectivity index (χ0v) is 17.4. The van der Waals surface area contributed by atoms with E-state index in [2.05, 4.69) is 30.2 Å². The van der Waals surface area contributed by atoms with Crippen molar-refractivity contribution >= 4 is 48.1 Å². The second-order valence-corrected chi connectivity index (χ2v) is 6.60. The lowest BCUT2D eigenvalue weighted by Crippen LogP contribution is -2.13. The van der Waals surface area contributed by atoms with E-state index in [1.54, 1.807) is 24.3 Å². The lowest BCUT2D eigenvalue weighted by Gasteiger charge is -2.19. The Morgan fingerprint density at radius 3 is 2.77 bits per heavy atom. The molecule has 3 N–H and O–H groups in total. The summed E-state index contributed by atoms with van der Waals surface area (Å²) in [5.74, 6) is -0.0643. The monoisotopic (exact) mass is 442 g/mol. The Bertz CT molecular complexity index is 1270. The Labute approximate surface area is 183 Å². The first-order chi connectivity index (χ1) is 14.0. The smallest absolute Gasteiger partial charge is 0.268 e. The number of hydrogen-bond donors (Lipinski definition) is 2. The molecule has 0 bridgehead atoms. The Morgan fingerprint density at radius 1 is 1.27 bits per heavy atom. The van der Waals surface area contributed by atoms with Gasteiger partial charge in [0, 0.05) is 11.1 Å². The van der Waals surface area contributed by atoms with E-state index in [-0.39, 0.29) is 30.8 Å². The van der Waals surface area contributed by atoms with Crippen LogP contribution in [0, 0.1) is 12.4 Å². The van der Waals surface area contributed by atoms with Crippen molar-refractivity contribution in [3.8, 4) is 11.3 Å².